The van der Waals surface area contributed by atoms with Gasteiger partial charge in [0.2, 0.25) is 0 Å². The predicted molar refractivity (Wildman–Crippen MR) is 52.2 cm³/mol. The van der Waals surface area contributed by atoms with Gasteiger partial charge in [-0.25, -0.2) is 4.79 Å². The summed E-state index contributed by atoms with van der Waals surface area (Å²) in [6.45, 7) is 3.30. The summed E-state index contributed by atoms with van der Waals surface area (Å²) in [6.07, 6.45) is 0. The van der Waals surface area contributed by atoms with Gasteiger partial charge in [0.25, 0.3) is 0 Å². The second-order valence-electron chi connectivity index (χ2n) is 2.83. The zero-order valence-corrected chi connectivity index (χ0v) is 8.84. The van der Waals surface area contributed by atoms with Crippen LogP contribution in [-0.4, -0.2) is 16.2 Å². The van der Waals surface area contributed by atoms with Gasteiger partial charge in [0.05, 0.1) is 0 Å². The van der Waals surface area contributed by atoms with Crippen LogP contribution in [-0.2, 0) is 0 Å². The first-order chi connectivity index (χ1) is 5.95. The molecule has 0 saturated carbocycles. The molecule has 70 valence electrons. The van der Waals surface area contributed by atoms with Crippen LogP contribution in [0.2, 0.25) is 0 Å². The second-order valence-corrected chi connectivity index (χ2v) is 3.68. The topological polar surface area (TPSA) is 57.5 Å². The van der Waals surface area contributed by atoms with Gasteiger partial charge in [-0.3, -0.25) is 0 Å². The predicted octanol–water partition coefficient (Wildman–Crippen LogP) is 2.47. The van der Waals surface area contributed by atoms with E-state index in [4.69, 9.17) is 5.11 Å². The van der Waals surface area contributed by atoms with Gasteiger partial charge in [-0.1, -0.05) is 15.9 Å². The molecule has 4 heteroatoms. The number of aromatic carboxylic acids is 1. The van der Waals surface area contributed by atoms with E-state index in [0.717, 1.165) is 0 Å². The maximum atomic E-state index is 10.8. The Kier molecular flexibility index (Phi) is 2.61. The lowest BCUT2D eigenvalue weighted by atomic mass is 10.0. The third-order valence-electron chi connectivity index (χ3n) is 1.90. The molecule has 0 saturated heterocycles. The first-order valence-corrected chi connectivity index (χ1v) is 4.46. The van der Waals surface area contributed by atoms with Crippen LogP contribution >= 0.6 is 15.9 Å². The van der Waals surface area contributed by atoms with Crippen molar-refractivity contribution in [3.05, 3.63) is 27.2 Å². The monoisotopic (exact) mass is 244 g/mol. The number of carboxylic acids is 1. The molecule has 0 fully saturated rings. The van der Waals surface area contributed by atoms with Crippen LogP contribution in [0.3, 0.4) is 0 Å². The molecule has 0 aromatic heterocycles. The lowest BCUT2D eigenvalue weighted by molar-refractivity contribution is 0.0692. The zero-order valence-electron chi connectivity index (χ0n) is 7.26. The summed E-state index contributed by atoms with van der Waals surface area (Å²) in [6, 6.07) is 1.69. The molecule has 0 amide bonds. The van der Waals surface area contributed by atoms with Gasteiger partial charge < -0.3 is 10.2 Å². The molecule has 1 rings (SSSR count). The van der Waals surface area contributed by atoms with E-state index in [1.54, 1.807) is 19.9 Å². The Morgan fingerprint density at radius 2 is 2.00 bits per heavy atom. The SMILES string of the molecule is Cc1cc(Br)c(C)c(C(=O)O)c1O. The highest BCUT2D eigenvalue weighted by Gasteiger charge is 2.17. The molecule has 0 atom stereocenters. The van der Waals surface area contributed by atoms with Crippen molar-refractivity contribution < 1.29 is 15.0 Å². The molecule has 13 heavy (non-hydrogen) atoms. The number of benzene rings is 1. The first kappa shape index (κ1) is 10.1. The molecular formula is C9H9BrO3. The first-order valence-electron chi connectivity index (χ1n) is 3.67. The van der Waals surface area contributed by atoms with Crippen LogP contribution in [0.1, 0.15) is 21.5 Å². The van der Waals surface area contributed by atoms with Crippen LogP contribution in [0.4, 0.5) is 0 Å². The van der Waals surface area contributed by atoms with Crippen molar-refractivity contribution in [2.24, 2.45) is 0 Å². The van der Waals surface area contributed by atoms with Gasteiger partial charge in [0.1, 0.15) is 11.3 Å². The Morgan fingerprint density at radius 1 is 1.46 bits per heavy atom. The van der Waals surface area contributed by atoms with Gasteiger partial charge in [0.15, 0.2) is 0 Å². The highest BCUT2D eigenvalue weighted by atomic mass is 79.9. The Morgan fingerprint density at radius 3 is 2.46 bits per heavy atom. The summed E-state index contributed by atoms with van der Waals surface area (Å²) in [5.74, 6) is -1.27. The van der Waals surface area contributed by atoms with Crippen LogP contribution < -0.4 is 0 Å². The quantitative estimate of drug-likeness (QED) is 0.798. The molecule has 1 aromatic rings. The van der Waals surface area contributed by atoms with E-state index in [1.807, 2.05) is 0 Å². The Balaban J connectivity index is 3.56. The molecule has 2 N–H and O–H groups in total. The Hall–Kier alpha value is -1.03. The number of hydrogen-bond donors (Lipinski definition) is 2. The standard InChI is InChI=1S/C9H9BrO3/c1-4-3-6(10)5(2)7(8(4)11)9(12)13/h3,11H,1-2H3,(H,12,13). The van der Waals surface area contributed by atoms with E-state index < -0.39 is 5.97 Å². The molecule has 3 nitrogen and oxygen atoms in total. The maximum Gasteiger partial charge on any atom is 0.339 e. The molecule has 0 aliphatic rings. The van der Waals surface area contributed by atoms with E-state index in [-0.39, 0.29) is 11.3 Å². The lowest BCUT2D eigenvalue weighted by Gasteiger charge is -2.08. The number of carboxylic acid groups (broad SMARTS) is 1. The van der Waals surface area contributed by atoms with E-state index in [2.05, 4.69) is 15.9 Å². The maximum absolute atomic E-state index is 10.8. The minimum atomic E-state index is -1.11. The largest absolute Gasteiger partial charge is 0.507 e. The highest BCUT2D eigenvalue weighted by molar-refractivity contribution is 9.10. The highest BCUT2D eigenvalue weighted by Crippen LogP contribution is 2.31. The number of carbonyl (C=O) groups is 1. The van der Waals surface area contributed by atoms with Gasteiger partial charge in [-0.05, 0) is 31.0 Å². The number of aryl methyl sites for hydroxylation is 1. The summed E-state index contributed by atoms with van der Waals surface area (Å²) in [4.78, 5) is 10.8. The summed E-state index contributed by atoms with van der Waals surface area (Å²) < 4.78 is 0.695. The van der Waals surface area contributed by atoms with E-state index in [0.29, 0.717) is 15.6 Å². The van der Waals surface area contributed by atoms with Crippen LogP contribution in [0, 0.1) is 13.8 Å². The lowest BCUT2D eigenvalue weighted by Crippen LogP contribution is -2.02. The van der Waals surface area contributed by atoms with E-state index >= 15 is 0 Å². The third-order valence-corrected chi connectivity index (χ3v) is 2.72. The molecule has 1 aromatic carbocycles. The Bertz CT molecular complexity index is 345. The summed E-state index contributed by atoms with van der Waals surface area (Å²) in [5.41, 5.74) is 1.05. The summed E-state index contributed by atoms with van der Waals surface area (Å²) >= 11 is 3.22. The Labute approximate surface area is 84.1 Å². The number of halogens is 1. The van der Waals surface area contributed by atoms with E-state index in [1.165, 1.54) is 0 Å². The minimum Gasteiger partial charge on any atom is -0.507 e. The summed E-state index contributed by atoms with van der Waals surface area (Å²) in [7, 11) is 0. The van der Waals surface area contributed by atoms with Crippen LogP contribution in [0.5, 0.6) is 5.75 Å². The van der Waals surface area contributed by atoms with Crippen molar-refractivity contribution in [1.82, 2.24) is 0 Å². The average molecular weight is 245 g/mol. The average Bonchev–Trinajstić information content (AvgIpc) is 2.01. The van der Waals surface area contributed by atoms with Gasteiger partial charge in [0, 0.05) is 4.47 Å². The van der Waals surface area contributed by atoms with Gasteiger partial charge >= 0.3 is 5.97 Å². The number of hydrogen-bond acceptors (Lipinski definition) is 2. The van der Waals surface area contributed by atoms with E-state index in [9.17, 15) is 9.90 Å². The molecule has 0 radical (unpaired) electrons. The smallest absolute Gasteiger partial charge is 0.339 e. The molecule has 0 aliphatic heterocycles. The summed E-state index contributed by atoms with van der Waals surface area (Å²) in [5, 5.41) is 18.3. The van der Waals surface area contributed by atoms with Crippen molar-refractivity contribution in [1.29, 1.82) is 0 Å². The van der Waals surface area contributed by atoms with Crippen molar-refractivity contribution in [2.45, 2.75) is 13.8 Å². The molecule has 0 bridgehead atoms. The zero-order chi connectivity index (χ0) is 10.2. The second kappa shape index (κ2) is 3.38. The van der Waals surface area contributed by atoms with Crippen molar-refractivity contribution >= 4 is 21.9 Å². The number of phenols is 1. The van der Waals surface area contributed by atoms with Gasteiger partial charge in [-0.15, -0.1) is 0 Å². The normalized spacial score (nSPS) is 10.1. The molecule has 0 spiro atoms. The van der Waals surface area contributed by atoms with Crippen molar-refractivity contribution in [3.8, 4) is 5.75 Å². The molecule has 0 aliphatic carbocycles. The fraction of sp³-hybridized carbons (Fsp3) is 0.222. The van der Waals surface area contributed by atoms with Crippen LogP contribution in [0.25, 0.3) is 0 Å². The number of aromatic hydroxyl groups is 1. The third kappa shape index (κ3) is 1.67. The molecule has 0 heterocycles. The van der Waals surface area contributed by atoms with Crippen molar-refractivity contribution in [2.75, 3.05) is 0 Å². The van der Waals surface area contributed by atoms with Gasteiger partial charge in [-0.2, -0.15) is 0 Å². The number of rotatable bonds is 1. The fourth-order valence-corrected chi connectivity index (χ4v) is 1.66. The fourth-order valence-electron chi connectivity index (χ4n) is 1.12. The molecular weight excluding hydrogens is 236 g/mol. The minimum absolute atomic E-state index is 0.0353. The van der Waals surface area contributed by atoms with Crippen LogP contribution in [0.15, 0.2) is 10.5 Å². The van der Waals surface area contributed by atoms with Crippen molar-refractivity contribution in [3.63, 3.8) is 0 Å². The molecule has 0 unspecified atom stereocenters.